The van der Waals surface area contributed by atoms with Crippen molar-refractivity contribution in [2.45, 2.75) is 25.0 Å². The average molecular weight is 267 g/mol. The van der Waals surface area contributed by atoms with E-state index in [1.165, 1.54) is 0 Å². The quantitative estimate of drug-likeness (QED) is 0.766. The summed E-state index contributed by atoms with van der Waals surface area (Å²) < 4.78 is 12.2. The van der Waals surface area contributed by atoms with E-state index in [0.717, 1.165) is 12.1 Å². The van der Waals surface area contributed by atoms with Crippen molar-refractivity contribution >= 4 is 5.91 Å². The van der Waals surface area contributed by atoms with Crippen molar-refractivity contribution in [3.8, 4) is 0 Å². The van der Waals surface area contributed by atoms with Gasteiger partial charge in [-0.25, -0.2) is 0 Å². The summed E-state index contributed by atoms with van der Waals surface area (Å²) in [5, 5.41) is 4.24. The fourth-order valence-corrected chi connectivity index (χ4v) is 2.51. The maximum atomic E-state index is 12.3. The highest BCUT2D eigenvalue weighted by atomic mass is 16.5. The molecule has 19 heavy (non-hydrogen) atoms. The van der Waals surface area contributed by atoms with Crippen LogP contribution in [-0.4, -0.2) is 60.1 Å². The van der Waals surface area contributed by atoms with Crippen molar-refractivity contribution in [1.82, 2.24) is 14.7 Å². The Morgan fingerprint density at radius 3 is 2.89 bits per heavy atom. The van der Waals surface area contributed by atoms with E-state index in [1.54, 1.807) is 18.9 Å². The van der Waals surface area contributed by atoms with Crippen molar-refractivity contribution in [2.75, 3.05) is 27.4 Å². The number of ether oxygens (including phenoxy) is 2. The first-order valence-corrected chi connectivity index (χ1v) is 6.43. The Labute approximate surface area is 113 Å². The number of aryl methyl sites for hydroxylation is 1. The number of likely N-dealkylation sites (tertiary alicyclic amines) is 1. The van der Waals surface area contributed by atoms with Gasteiger partial charge in [-0.3, -0.25) is 9.48 Å². The molecule has 0 radical (unpaired) electrons. The van der Waals surface area contributed by atoms with Crippen LogP contribution in [0.1, 0.15) is 12.1 Å². The van der Waals surface area contributed by atoms with E-state index in [0.29, 0.717) is 19.6 Å². The predicted octanol–water partition coefficient (Wildman–Crippen LogP) is 0.225. The average Bonchev–Trinajstić information content (AvgIpc) is 2.96. The fraction of sp³-hybridized carbons (Fsp3) is 0.692. The molecule has 0 bridgehead atoms. The van der Waals surface area contributed by atoms with Crippen LogP contribution in [0.3, 0.4) is 0 Å². The topological polar surface area (TPSA) is 56.6 Å². The minimum atomic E-state index is 0.0836. The van der Waals surface area contributed by atoms with Gasteiger partial charge in [0, 0.05) is 34.0 Å². The van der Waals surface area contributed by atoms with E-state index in [4.69, 9.17) is 9.47 Å². The molecule has 0 spiro atoms. The molecule has 0 unspecified atom stereocenters. The van der Waals surface area contributed by atoms with E-state index >= 15 is 0 Å². The van der Waals surface area contributed by atoms with Crippen LogP contribution < -0.4 is 0 Å². The van der Waals surface area contributed by atoms with Crippen molar-refractivity contribution < 1.29 is 14.3 Å². The summed E-state index contributed by atoms with van der Waals surface area (Å²) in [4.78, 5) is 14.2. The second kappa shape index (κ2) is 6.16. The SMILES string of the molecule is COC[C@@H]1C[C@@H](OC)CN1C(=O)Cc1ccn(C)n1. The zero-order valence-electron chi connectivity index (χ0n) is 11.7. The van der Waals surface area contributed by atoms with Crippen LogP contribution in [0.25, 0.3) is 0 Å². The summed E-state index contributed by atoms with van der Waals surface area (Å²) in [5.74, 6) is 0.0836. The second-order valence-electron chi connectivity index (χ2n) is 4.91. The van der Waals surface area contributed by atoms with Gasteiger partial charge in [-0.15, -0.1) is 0 Å². The molecule has 2 atom stereocenters. The van der Waals surface area contributed by atoms with Crippen molar-refractivity contribution in [3.63, 3.8) is 0 Å². The van der Waals surface area contributed by atoms with Crippen molar-refractivity contribution in [3.05, 3.63) is 18.0 Å². The first-order valence-electron chi connectivity index (χ1n) is 6.43. The molecule has 0 aromatic carbocycles. The Kier molecular flexibility index (Phi) is 4.55. The predicted molar refractivity (Wildman–Crippen MR) is 69.7 cm³/mol. The third-order valence-electron chi connectivity index (χ3n) is 3.49. The van der Waals surface area contributed by atoms with Gasteiger partial charge in [0.2, 0.25) is 5.91 Å². The molecule has 1 saturated heterocycles. The molecule has 2 heterocycles. The summed E-state index contributed by atoms with van der Waals surface area (Å²) >= 11 is 0. The number of carbonyl (C=O) groups excluding carboxylic acids is 1. The van der Waals surface area contributed by atoms with Gasteiger partial charge >= 0.3 is 0 Å². The van der Waals surface area contributed by atoms with E-state index in [9.17, 15) is 4.79 Å². The van der Waals surface area contributed by atoms with Gasteiger partial charge < -0.3 is 14.4 Å². The highest BCUT2D eigenvalue weighted by Crippen LogP contribution is 2.21. The Morgan fingerprint density at radius 1 is 1.53 bits per heavy atom. The molecule has 106 valence electrons. The monoisotopic (exact) mass is 267 g/mol. The minimum Gasteiger partial charge on any atom is -0.383 e. The number of aromatic nitrogens is 2. The number of rotatable bonds is 5. The highest BCUT2D eigenvalue weighted by Gasteiger charge is 2.35. The van der Waals surface area contributed by atoms with E-state index in [1.807, 2.05) is 24.2 Å². The standard InChI is InChI=1S/C13H21N3O3/c1-15-5-4-10(14-15)6-13(17)16-8-12(19-3)7-11(16)9-18-2/h4-5,11-12H,6-9H2,1-3H3/t11-,12+/m0/s1. The summed E-state index contributed by atoms with van der Waals surface area (Å²) in [5.41, 5.74) is 0.796. The smallest absolute Gasteiger partial charge is 0.229 e. The molecule has 6 heteroatoms. The Morgan fingerprint density at radius 2 is 2.32 bits per heavy atom. The molecule has 0 aliphatic carbocycles. The van der Waals surface area contributed by atoms with E-state index in [2.05, 4.69) is 5.10 Å². The second-order valence-corrected chi connectivity index (χ2v) is 4.91. The van der Waals surface area contributed by atoms with Gasteiger partial charge in [-0.05, 0) is 12.5 Å². The zero-order chi connectivity index (χ0) is 13.8. The molecule has 1 amide bonds. The lowest BCUT2D eigenvalue weighted by molar-refractivity contribution is -0.132. The molecule has 1 fully saturated rings. The van der Waals surface area contributed by atoms with Gasteiger partial charge in [0.1, 0.15) is 0 Å². The number of nitrogens with zero attached hydrogens (tertiary/aromatic N) is 3. The third kappa shape index (κ3) is 3.33. The third-order valence-corrected chi connectivity index (χ3v) is 3.49. The molecule has 1 aromatic heterocycles. The number of amides is 1. The number of methoxy groups -OCH3 is 2. The van der Waals surface area contributed by atoms with Gasteiger partial charge in [-0.1, -0.05) is 0 Å². The lowest BCUT2D eigenvalue weighted by Gasteiger charge is -2.23. The molecule has 6 nitrogen and oxygen atoms in total. The van der Waals surface area contributed by atoms with Gasteiger partial charge in [-0.2, -0.15) is 5.10 Å². The number of hydrogen-bond donors (Lipinski definition) is 0. The van der Waals surface area contributed by atoms with Crippen LogP contribution in [0.15, 0.2) is 12.3 Å². The van der Waals surface area contributed by atoms with Crippen molar-refractivity contribution in [1.29, 1.82) is 0 Å². The van der Waals surface area contributed by atoms with Crippen molar-refractivity contribution in [2.24, 2.45) is 7.05 Å². The first kappa shape index (κ1) is 14.0. The maximum absolute atomic E-state index is 12.3. The molecule has 1 aliphatic rings. The first-order chi connectivity index (χ1) is 9.13. The van der Waals surface area contributed by atoms with E-state index in [-0.39, 0.29) is 18.1 Å². The molecular formula is C13H21N3O3. The van der Waals surface area contributed by atoms with Gasteiger partial charge in [0.25, 0.3) is 0 Å². The molecular weight excluding hydrogens is 246 g/mol. The Hall–Kier alpha value is -1.40. The van der Waals surface area contributed by atoms with Crippen LogP contribution in [-0.2, 0) is 27.7 Å². The lowest BCUT2D eigenvalue weighted by Crippen LogP contribution is -2.39. The Bertz CT molecular complexity index is 433. The maximum Gasteiger partial charge on any atom is 0.229 e. The minimum absolute atomic E-state index is 0.0836. The summed E-state index contributed by atoms with van der Waals surface area (Å²) in [6.07, 6.45) is 3.11. The van der Waals surface area contributed by atoms with Crippen LogP contribution in [0, 0.1) is 0 Å². The van der Waals surface area contributed by atoms with E-state index < -0.39 is 0 Å². The zero-order valence-corrected chi connectivity index (χ0v) is 11.7. The summed E-state index contributed by atoms with van der Waals surface area (Å²) in [6, 6.07) is 1.97. The highest BCUT2D eigenvalue weighted by molar-refractivity contribution is 5.79. The van der Waals surface area contributed by atoms with Gasteiger partial charge in [0.15, 0.2) is 0 Å². The molecule has 0 N–H and O–H groups in total. The van der Waals surface area contributed by atoms with Crippen LogP contribution in [0.5, 0.6) is 0 Å². The van der Waals surface area contributed by atoms with Crippen LogP contribution >= 0.6 is 0 Å². The van der Waals surface area contributed by atoms with Crippen LogP contribution in [0.4, 0.5) is 0 Å². The largest absolute Gasteiger partial charge is 0.383 e. The number of hydrogen-bond acceptors (Lipinski definition) is 4. The Balaban J connectivity index is 1.99. The van der Waals surface area contributed by atoms with Crippen LogP contribution in [0.2, 0.25) is 0 Å². The summed E-state index contributed by atoms with van der Waals surface area (Å²) in [7, 11) is 5.18. The lowest BCUT2D eigenvalue weighted by atomic mass is 10.2. The number of carbonyl (C=O) groups is 1. The molecule has 1 aliphatic heterocycles. The van der Waals surface area contributed by atoms with Gasteiger partial charge in [0.05, 0.1) is 30.9 Å². The normalized spacial score (nSPS) is 23.0. The molecule has 2 rings (SSSR count). The summed E-state index contributed by atoms with van der Waals surface area (Å²) in [6.45, 7) is 1.18. The molecule has 1 aromatic rings. The fourth-order valence-electron chi connectivity index (χ4n) is 2.51. The molecule has 0 saturated carbocycles.